The lowest BCUT2D eigenvalue weighted by Crippen LogP contribution is -2.12. The van der Waals surface area contributed by atoms with Crippen LogP contribution in [0.1, 0.15) is 0 Å². The summed E-state index contributed by atoms with van der Waals surface area (Å²) >= 11 is 0. The third kappa shape index (κ3) is 2.36. The fraction of sp³-hybridized carbons (Fsp3) is 0. The summed E-state index contributed by atoms with van der Waals surface area (Å²) in [6, 6.07) is 16.5. The average Bonchev–Trinajstić information content (AvgIpc) is 3.05. The lowest BCUT2D eigenvalue weighted by atomic mass is 10.2. The van der Waals surface area contributed by atoms with Crippen molar-refractivity contribution in [2.24, 2.45) is 0 Å². The Morgan fingerprint density at radius 1 is 1.04 bits per heavy atom. The van der Waals surface area contributed by atoms with Crippen LogP contribution in [0.25, 0.3) is 27.9 Å². The number of nitrogen functional groups attached to an aromatic ring is 1. The van der Waals surface area contributed by atoms with E-state index in [1.807, 2.05) is 30.3 Å². The van der Waals surface area contributed by atoms with Crippen LogP contribution in [-0.4, -0.2) is 15.0 Å². The molecule has 2 aromatic heterocycles. The first-order valence-corrected chi connectivity index (χ1v) is 7.02. The van der Waals surface area contributed by atoms with Crippen molar-refractivity contribution in [3.63, 3.8) is 0 Å². The van der Waals surface area contributed by atoms with Gasteiger partial charge in [-0.25, -0.2) is 4.79 Å². The minimum absolute atomic E-state index is 0.254. The van der Waals surface area contributed by atoms with Crippen molar-refractivity contribution in [1.82, 2.24) is 15.0 Å². The van der Waals surface area contributed by atoms with Crippen LogP contribution in [-0.2, 0) is 0 Å². The number of hydrogen-bond acceptors (Lipinski definition) is 5. The minimum atomic E-state index is -0.515. The molecular formula is C17H12N4O2. The van der Waals surface area contributed by atoms with Crippen LogP contribution in [0, 0.1) is 0 Å². The zero-order valence-electron chi connectivity index (χ0n) is 12.0. The van der Waals surface area contributed by atoms with Gasteiger partial charge in [0.2, 0.25) is 0 Å². The summed E-state index contributed by atoms with van der Waals surface area (Å²) in [5, 5.41) is 9.28. The number of rotatable bonds is 2. The second-order valence-electron chi connectivity index (χ2n) is 5.10. The Kier molecular flexibility index (Phi) is 2.94. The fourth-order valence-electron chi connectivity index (χ4n) is 2.38. The van der Waals surface area contributed by atoms with Crippen molar-refractivity contribution >= 4 is 16.7 Å². The van der Waals surface area contributed by atoms with Gasteiger partial charge in [-0.3, -0.25) is 0 Å². The number of benzene rings is 2. The number of nitrogens with zero attached hydrogens (tertiary/aromatic N) is 3. The van der Waals surface area contributed by atoms with Crippen LogP contribution in [0.2, 0.25) is 0 Å². The Balaban J connectivity index is 1.83. The summed E-state index contributed by atoms with van der Waals surface area (Å²) < 4.78 is 5.31. The quantitative estimate of drug-likeness (QED) is 0.454. The van der Waals surface area contributed by atoms with Gasteiger partial charge in [0.25, 0.3) is 0 Å². The fourth-order valence-corrected chi connectivity index (χ4v) is 2.38. The van der Waals surface area contributed by atoms with E-state index in [4.69, 9.17) is 10.2 Å². The lowest BCUT2D eigenvalue weighted by molar-refractivity contribution is 0.546. The summed E-state index contributed by atoms with van der Waals surface area (Å²) in [4.78, 5) is 13.5. The normalized spacial score (nSPS) is 11.0. The molecule has 0 saturated heterocycles. The second kappa shape index (κ2) is 5.10. The molecule has 6 heteroatoms. The monoisotopic (exact) mass is 304 g/mol. The van der Waals surface area contributed by atoms with E-state index in [9.17, 15) is 4.79 Å². The van der Waals surface area contributed by atoms with Crippen molar-refractivity contribution in [2.45, 2.75) is 0 Å². The van der Waals surface area contributed by atoms with Gasteiger partial charge in [-0.05, 0) is 18.2 Å². The van der Waals surface area contributed by atoms with Gasteiger partial charge in [0, 0.05) is 22.7 Å². The van der Waals surface area contributed by atoms with E-state index in [0.717, 1.165) is 10.9 Å². The van der Waals surface area contributed by atoms with Crippen molar-refractivity contribution in [2.75, 3.05) is 5.73 Å². The summed E-state index contributed by atoms with van der Waals surface area (Å²) in [5.74, 6) is 0. The Labute approximate surface area is 130 Å². The molecule has 0 aliphatic carbocycles. The molecule has 0 fully saturated rings. The van der Waals surface area contributed by atoms with E-state index in [1.54, 1.807) is 30.5 Å². The predicted octanol–water partition coefficient (Wildman–Crippen LogP) is 2.62. The highest BCUT2D eigenvalue weighted by atomic mass is 16.4. The van der Waals surface area contributed by atoms with E-state index < -0.39 is 5.63 Å². The largest absolute Gasteiger partial charge is 0.421 e. The molecule has 0 saturated carbocycles. The van der Waals surface area contributed by atoms with Gasteiger partial charge in [0.05, 0.1) is 6.20 Å². The Morgan fingerprint density at radius 3 is 2.70 bits per heavy atom. The van der Waals surface area contributed by atoms with E-state index in [-0.39, 0.29) is 5.69 Å². The number of fused-ring (bicyclic) bond motifs is 1. The number of aromatic nitrogens is 3. The Hall–Kier alpha value is -3.41. The van der Waals surface area contributed by atoms with Crippen LogP contribution < -0.4 is 11.4 Å². The molecule has 4 rings (SSSR count). The molecular weight excluding hydrogens is 292 g/mol. The first-order valence-electron chi connectivity index (χ1n) is 7.02. The minimum Gasteiger partial charge on any atom is -0.421 e. The third-order valence-electron chi connectivity index (χ3n) is 3.52. The maximum atomic E-state index is 12.2. The number of hydrogen-bond donors (Lipinski definition) is 1. The maximum Gasteiger partial charge on any atom is 0.364 e. The number of nitrogens with two attached hydrogens (primary N) is 1. The molecule has 0 spiro atoms. The van der Waals surface area contributed by atoms with Crippen molar-refractivity contribution in [3.05, 3.63) is 71.2 Å². The number of anilines is 1. The van der Waals surface area contributed by atoms with E-state index in [1.165, 1.54) is 4.80 Å². The Morgan fingerprint density at radius 2 is 1.87 bits per heavy atom. The van der Waals surface area contributed by atoms with E-state index in [2.05, 4.69) is 10.2 Å². The molecule has 112 valence electrons. The molecule has 2 aromatic carbocycles. The van der Waals surface area contributed by atoms with Gasteiger partial charge in [-0.15, -0.1) is 9.90 Å². The third-order valence-corrected chi connectivity index (χ3v) is 3.52. The summed E-state index contributed by atoms with van der Waals surface area (Å²) in [6.07, 6.45) is 1.61. The van der Waals surface area contributed by atoms with Gasteiger partial charge in [0.1, 0.15) is 11.3 Å². The first kappa shape index (κ1) is 13.3. The van der Waals surface area contributed by atoms with Gasteiger partial charge < -0.3 is 10.2 Å². The molecule has 0 aliphatic heterocycles. The highest BCUT2D eigenvalue weighted by Crippen LogP contribution is 2.19. The molecule has 0 aliphatic rings. The van der Waals surface area contributed by atoms with Gasteiger partial charge in [-0.1, -0.05) is 30.3 Å². The van der Waals surface area contributed by atoms with Crippen LogP contribution >= 0.6 is 0 Å². The average molecular weight is 304 g/mol. The molecule has 0 atom stereocenters. The molecule has 6 nitrogen and oxygen atoms in total. The standard InChI is InChI=1S/C17H12N4O2/c18-13-7-6-12-8-15(17(22)23-16(12)9-13)21-19-10-14(20-21)11-4-2-1-3-5-11/h1-10H,18H2. The van der Waals surface area contributed by atoms with Crippen molar-refractivity contribution in [3.8, 4) is 16.9 Å². The molecule has 0 unspecified atom stereocenters. The van der Waals surface area contributed by atoms with Crippen LogP contribution in [0.3, 0.4) is 0 Å². The van der Waals surface area contributed by atoms with Crippen LogP contribution in [0.4, 0.5) is 5.69 Å². The summed E-state index contributed by atoms with van der Waals surface area (Å²) in [5.41, 5.74) is 8.03. The van der Waals surface area contributed by atoms with Crippen molar-refractivity contribution < 1.29 is 4.42 Å². The van der Waals surface area contributed by atoms with Crippen LogP contribution in [0.15, 0.2) is 70.0 Å². The van der Waals surface area contributed by atoms with E-state index >= 15 is 0 Å². The van der Waals surface area contributed by atoms with Gasteiger partial charge >= 0.3 is 5.63 Å². The van der Waals surface area contributed by atoms with Gasteiger partial charge in [-0.2, -0.15) is 5.10 Å². The molecule has 23 heavy (non-hydrogen) atoms. The predicted molar refractivity (Wildman–Crippen MR) is 87.2 cm³/mol. The lowest BCUT2D eigenvalue weighted by Gasteiger charge is -2.02. The highest BCUT2D eigenvalue weighted by molar-refractivity contribution is 5.81. The van der Waals surface area contributed by atoms with Crippen molar-refractivity contribution in [1.29, 1.82) is 0 Å². The second-order valence-corrected chi connectivity index (χ2v) is 5.10. The van der Waals surface area contributed by atoms with Crippen LogP contribution in [0.5, 0.6) is 0 Å². The maximum absolute atomic E-state index is 12.2. The molecule has 2 heterocycles. The van der Waals surface area contributed by atoms with E-state index in [0.29, 0.717) is 17.0 Å². The topological polar surface area (TPSA) is 86.9 Å². The highest BCUT2D eigenvalue weighted by Gasteiger charge is 2.11. The Bertz CT molecular complexity index is 1050. The molecule has 0 amide bonds. The molecule has 0 radical (unpaired) electrons. The summed E-state index contributed by atoms with van der Waals surface area (Å²) in [6.45, 7) is 0. The summed E-state index contributed by atoms with van der Waals surface area (Å²) in [7, 11) is 0. The zero-order chi connectivity index (χ0) is 15.8. The first-order chi connectivity index (χ1) is 11.2. The molecule has 4 aromatic rings. The molecule has 0 bridgehead atoms. The SMILES string of the molecule is Nc1ccc2cc(-n3ncc(-c4ccccc4)n3)c(=O)oc2c1. The zero-order valence-corrected chi connectivity index (χ0v) is 12.0. The molecule has 2 N–H and O–H groups in total. The van der Waals surface area contributed by atoms with Gasteiger partial charge in [0.15, 0.2) is 5.69 Å². The smallest absolute Gasteiger partial charge is 0.364 e.